The third-order valence-electron chi connectivity index (χ3n) is 4.50. The van der Waals surface area contributed by atoms with Crippen LogP contribution >= 0.6 is 0 Å². The number of hydrogen-bond acceptors (Lipinski definition) is 7. The SMILES string of the molecule is CCc1ccc2[nH]c3nc(N/N=C/c4ccc(OC)cc4OC)nnc3c2c1. The minimum absolute atomic E-state index is 0.304. The van der Waals surface area contributed by atoms with Gasteiger partial charge in [0.25, 0.3) is 5.95 Å². The molecule has 8 heteroatoms. The van der Waals surface area contributed by atoms with E-state index in [-0.39, 0.29) is 0 Å². The number of aromatic amines is 1. The standard InChI is InChI=1S/C20H20N6O2/c1-4-12-5-8-16-15(9-12)18-19(22-16)23-20(26-24-18)25-21-11-13-6-7-14(27-2)10-17(13)28-3/h5-11H,4H2,1-3H3,(H2,22,23,25,26)/b21-11+. The van der Waals surface area contributed by atoms with Gasteiger partial charge in [-0.25, -0.2) is 5.43 Å². The van der Waals surface area contributed by atoms with Gasteiger partial charge in [0, 0.05) is 22.5 Å². The van der Waals surface area contributed by atoms with Gasteiger partial charge in [0.05, 0.1) is 20.4 Å². The minimum atomic E-state index is 0.304. The number of hydrogen-bond donors (Lipinski definition) is 2. The van der Waals surface area contributed by atoms with Crippen molar-refractivity contribution in [3.05, 3.63) is 47.5 Å². The van der Waals surface area contributed by atoms with Crippen molar-refractivity contribution in [1.82, 2.24) is 20.2 Å². The number of nitrogens with one attached hydrogen (secondary N) is 2. The molecule has 0 aliphatic heterocycles. The second kappa shape index (κ2) is 7.51. The number of benzene rings is 2. The van der Waals surface area contributed by atoms with Crippen LogP contribution in [0, 0.1) is 0 Å². The molecule has 0 aliphatic carbocycles. The number of methoxy groups -OCH3 is 2. The molecule has 0 saturated carbocycles. The second-order valence-corrected chi connectivity index (χ2v) is 6.17. The minimum Gasteiger partial charge on any atom is -0.497 e. The van der Waals surface area contributed by atoms with Crippen molar-refractivity contribution in [2.24, 2.45) is 5.10 Å². The monoisotopic (exact) mass is 376 g/mol. The number of aryl methyl sites for hydroxylation is 1. The van der Waals surface area contributed by atoms with Crippen molar-refractivity contribution in [1.29, 1.82) is 0 Å². The zero-order chi connectivity index (χ0) is 19.5. The van der Waals surface area contributed by atoms with Gasteiger partial charge in [-0.2, -0.15) is 10.1 Å². The van der Waals surface area contributed by atoms with E-state index in [2.05, 4.69) is 49.7 Å². The van der Waals surface area contributed by atoms with Crippen molar-refractivity contribution in [3.8, 4) is 11.5 Å². The maximum Gasteiger partial charge on any atom is 0.265 e. The highest BCUT2D eigenvalue weighted by Crippen LogP contribution is 2.24. The maximum absolute atomic E-state index is 5.35. The van der Waals surface area contributed by atoms with Crippen molar-refractivity contribution < 1.29 is 9.47 Å². The lowest BCUT2D eigenvalue weighted by Gasteiger charge is -2.06. The molecule has 0 aliphatic rings. The summed E-state index contributed by atoms with van der Waals surface area (Å²) in [5.41, 5.74) is 7.25. The molecule has 2 aromatic carbocycles. The van der Waals surface area contributed by atoms with Crippen molar-refractivity contribution in [2.75, 3.05) is 19.6 Å². The van der Waals surface area contributed by atoms with Gasteiger partial charge in [0.1, 0.15) is 17.0 Å². The van der Waals surface area contributed by atoms with E-state index in [0.717, 1.165) is 28.4 Å². The summed E-state index contributed by atoms with van der Waals surface area (Å²) in [5, 5.41) is 13.6. The van der Waals surface area contributed by atoms with Crippen LogP contribution in [0.2, 0.25) is 0 Å². The fourth-order valence-corrected chi connectivity index (χ4v) is 2.97. The molecule has 0 saturated heterocycles. The highest BCUT2D eigenvalue weighted by atomic mass is 16.5. The van der Waals surface area contributed by atoms with E-state index in [1.807, 2.05) is 18.2 Å². The number of anilines is 1. The van der Waals surface area contributed by atoms with Crippen LogP contribution in [-0.4, -0.2) is 40.6 Å². The van der Waals surface area contributed by atoms with Gasteiger partial charge in [-0.1, -0.05) is 13.0 Å². The second-order valence-electron chi connectivity index (χ2n) is 6.17. The number of aromatic nitrogens is 4. The van der Waals surface area contributed by atoms with E-state index >= 15 is 0 Å². The summed E-state index contributed by atoms with van der Waals surface area (Å²) < 4.78 is 10.5. The molecule has 0 bridgehead atoms. The van der Waals surface area contributed by atoms with E-state index < -0.39 is 0 Å². The van der Waals surface area contributed by atoms with Gasteiger partial charge < -0.3 is 14.5 Å². The Morgan fingerprint density at radius 2 is 2.00 bits per heavy atom. The Labute approximate surface area is 161 Å². The van der Waals surface area contributed by atoms with Crippen LogP contribution in [0.25, 0.3) is 22.1 Å². The van der Waals surface area contributed by atoms with E-state index in [1.54, 1.807) is 26.5 Å². The molecule has 8 nitrogen and oxygen atoms in total. The van der Waals surface area contributed by atoms with Crippen LogP contribution in [0.15, 0.2) is 41.5 Å². The largest absolute Gasteiger partial charge is 0.497 e. The Kier molecular flexibility index (Phi) is 4.76. The first-order chi connectivity index (χ1) is 13.7. The lowest BCUT2D eigenvalue weighted by molar-refractivity contribution is 0.394. The fraction of sp³-hybridized carbons (Fsp3) is 0.200. The summed E-state index contributed by atoms with van der Waals surface area (Å²) in [5.74, 6) is 1.67. The van der Waals surface area contributed by atoms with Crippen LogP contribution < -0.4 is 14.9 Å². The Morgan fingerprint density at radius 3 is 2.79 bits per heavy atom. The summed E-state index contributed by atoms with van der Waals surface area (Å²) in [6, 6.07) is 11.7. The first-order valence-electron chi connectivity index (χ1n) is 8.88. The lowest BCUT2D eigenvalue weighted by atomic mass is 10.1. The molecule has 2 aromatic heterocycles. The molecule has 0 fully saturated rings. The molecule has 142 valence electrons. The van der Waals surface area contributed by atoms with E-state index in [4.69, 9.17) is 9.47 Å². The Morgan fingerprint density at radius 1 is 1.11 bits per heavy atom. The average molecular weight is 376 g/mol. The van der Waals surface area contributed by atoms with Gasteiger partial charge in [0.2, 0.25) is 0 Å². The maximum atomic E-state index is 5.35. The smallest absolute Gasteiger partial charge is 0.265 e. The van der Waals surface area contributed by atoms with Crippen LogP contribution in [0.3, 0.4) is 0 Å². The number of hydrazone groups is 1. The summed E-state index contributed by atoms with van der Waals surface area (Å²) in [6.07, 6.45) is 2.59. The molecule has 0 amide bonds. The number of fused-ring (bicyclic) bond motifs is 3. The summed E-state index contributed by atoms with van der Waals surface area (Å²) >= 11 is 0. The molecule has 0 radical (unpaired) electrons. The van der Waals surface area contributed by atoms with E-state index in [1.165, 1.54) is 5.56 Å². The van der Waals surface area contributed by atoms with Gasteiger partial charge in [0.15, 0.2) is 5.65 Å². The normalized spacial score (nSPS) is 11.4. The van der Waals surface area contributed by atoms with Crippen LogP contribution in [0.4, 0.5) is 5.95 Å². The predicted molar refractivity (Wildman–Crippen MR) is 109 cm³/mol. The summed E-state index contributed by atoms with van der Waals surface area (Å²) in [6.45, 7) is 2.12. The fourth-order valence-electron chi connectivity index (χ4n) is 2.97. The van der Waals surface area contributed by atoms with Crippen LogP contribution in [0.5, 0.6) is 11.5 Å². The zero-order valence-electron chi connectivity index (χ0n) is 15.9. The van der Waals surface area contributed by atoms with E-state index in [9.17, 15) is 0 Å². The highest BCUT2D eigenvalue weighted by molar-refractivity contribution is 6.03. The van der Waals surface area contributed by atoms with Gasteiger partial charge in [-0.05, 0) is 36.2 Å². The lowest BCUT2D eigenvalue weighted by Crippen LogP contribution is -1.99. The Bertz CT molecular complexity index is 1170. The van der Waals surface area contributed by atoms with Gasteiger partial charge in [-0.3, -0.25) is 0 Å². The van der Waals surface area contributed by atoms with Gasteiger partial charge >= 0.3 is 0 Å². The van der Waals surface area contributed by atoms with Crippen LogP contribution in [-0.2, 0) is 6.42 Å². The molecule has 4 aromatic rings. The van der Waals surface area contributed by atoms with Crippen LogP contribution in [0.1, 0.15) is 18.1 Å². The third kappa shape index (κ3) is 3.32. The molecular weight excluding hydrogens is 356 g/mol. The Hall–Kier alpha value is -3.68. The number of H-pyrrole nitrogens is 1. The molecule has 2 heterocycles. The van der Waals surface area contributed by atoms with Crippen molar-refractivity contribution in [3.63, 3.8) is 0 Å². The molecule has 0 atom stereocenters. The van der Waals surface area contributed by atoms with Gasteiger partial charge in [-0.15, -0.1) is 10.2 Å². The highest BCUT2D eigenvalue weighted by Gasteiger charge is 2.09. The summed E-state index contributed by atoms with van der Waals surface area (Å²) in [7, 11) is 3.21. The topological polar surface area (TPSA) is 97.3 Å². The molecule has 28 heavy (non-hydrogen) atoms. The first kappa shape index (κ1) is 17.7. The van der Waals surface area contributed by atoms with Crippen molar-refractivity contribution in [2.45, 2.75) is 13.3 Å². The molecule has 0 unspecified atom stereocenters. The summed E-state index contributed by atoms with van der Waals surface area (Å²) in [4.78, 5) is 7.73. The molecule has 4 rings (SSSR count). The average Bonchev–Trinajstić information content (AvgIpc) is 3.10. The first-order valence-corrected chi connectivity index (χ1v) is 8.88. The zero-order valence-corrected chi connectivity index (χ0v) is 15.9. The quantitative estimate of drug-likeness (QED) is 0.395. The van der Waals surface area contributed by atoms with Crippen molar-refractivity contribution >= 4 is 34.2 Å². The molecular formula is C20H20N6O2. The molecule has 2 N–H and O–H groups in total. The van der Waals surface area contributed by atoms with E-state index in [0.29, 0.717) is 23.1 Å². The Balaban J connectivity index is 1.58. The predicted octanol–water partition coefficient (Wildman–Crippen LogP) is 3.53. The molecule has 0 spiro atoms. The number of nitrogens with zero attached hydrogens (tertiary/aromatic N) is 4. The third-order valence-corrected chi connectivity index (χ3v) is 4.50. The number of ether oxygens (including phenoxy) is 2. The number of rotatable bonds is 6.